The van der Waals surface area contributed by atoms with Gasteiger partial charge in [-0.2, -0.15) is 0 Å². The maximum absolute atomic E-state index is 11.7. The first kappa shape index (κ1) is 17.6. The summed E-state index contributed by atoms with van der Waals surface area (Å²) in [4.78, 5) is 27.1. The molecule has 0 spiro atoms. The Morgan fingerprint density at radius 2 is 1.95 bits per heavy atom. The molecule has 1 aliphatic heterocycles. The van der Waals surface area contributed by atoms with Gasteiger partial charge in [0.05, 0.1) is 6.61 Å². The number of piperidine rings is 1. The number of hydrogen-bond acceptors (Lipinski definition) is 4. The van der Waals surface area contributed by atoms with Crippen LogP contribution < -0.4 is 10.6 Å². The van der Waals surface area contributed by atoms with Crippen molar-refractivity contribution in [3.05, 3.63) is 0 Å². The molecule has 0 aliphatic carbocycles. The lowest BCUT2D eigenvalue weighted by atomic mass is 10.1. The van der Waals surface area contributed by atoms with Crippen LogP contribution in [0.2, 0.25) is 0 Å². The Labute approximate surface area is 127 Å². The fraction of sp³-hybridized carbons (Fsp3) is 0.857. The van der Waals surface area contributed by atoms with Crippen molar-refractivity contribution in [2.24, 2.45) is 0 Å². The van der Waals surface area contributed by atoms with Crippen molar-refractivity contribution in [1.29, 1.82) is 0 Å². The third kappa shape index (κ3) is 7.17. The molecule has 7 nitrogen and oxygen atoms in total. The highest BCUT2D eigenvalue weighted by atomic mass is 16.6. The summed E-state index contributed by atoms with van der Waals surface area (Å²) in [5, 5.41) is 5.81. The summed E-state index contributed by atoms with van der Waals surface area (Å²) in [5.41, 5.74) is 0. The Morgan fingerprint density at radius 3 is 2.52 bits per heavy atom. The van der Waals surface area contributed by atoms with Crippen LogP contribution in [0.5, 0.6) is 0 Å². The quantitative estimate of drug-likeness (QED) is 0.714. The maximum atomic E-state index is 11.7. The van der Waals surface area contributed by atoms with Gasteiger partial charge in [0.25, 0.3) is 0 Å². The van der Waals surface area contributed by atoms with Crippen LogP contribution in [-0.4, -0.2) is 74.8 Å². The average molecular weight is 300 g/mol. The van der Waals surface area contributed by atoms with E-state index in [0.717, 1.165) is 25.8 Å². The van der Waals surface area contributed by atoms with E-state index in [2.05, 4.69) is 15.5 Å². The zero-order valence-electron chi connectivity index (χ0n) is 13.4. The number of hydrogen-bond donors (Lipinski definition) is 2. The first-order chi connectivity index (χ1) is 10.0. The van der Waals surface area contributed by atoms with E-state index >= 15 is 0 Å². The van der Waals surface area contributed by atoms with E-state index in [-0.39, 0.29) is 18.2 Å². The van der Waals surface area contributed by atoms with Gasteiger partial charge in [0.15, 0.2) is 0 Å². The number of carbonyl (C=O) groups is 2. The number of nitrogens with one attached hydrogen (secondary N) is 2. The molecule has 0 saturated carbocycles. The van der Waals surface area contributed by atoms with Gasteiger partial charge >= 0.3 is 12.1 Å². The van der Waals surface area contributed by atoms with Gasteiger partial charge in [-0.25, -0.2) is 9.59 Å². The summed E-state index contributed by atoms with van der Waals surface area (Å²) in [7, 11) is 4.02. The molecular formula is C14H28N4O3. The normalized spacial score (nSPS) is 15.9. The number of ether oxygens (including phenoxy) is 1. The maximum Gasteiger partial charge on any atom is 0.409 e. The van der Waals surface area contributed by atoms with E-state index in [1.54, 1.807) is 11.8 Å². The molecule has 21 heavy (non-hydrogen) atoms. The lowest BCUT2D eigenvalue weighted by molar-refractivity contribution is 0.0957. The zero-order valence-corrected chi connectivity index (χ0v) is 13.4. The molecular weight excluding hydrogens is 272 g/mol. The van der Waals surface area contributed by atoms with Crippen molar-refractivity contribution in [1.82, 2.24) is 20.4 Å². The lowest BCUT2D eigenvalue weighted by Crippen LogP contribution is -2.49. The molecule has 2 N–H and O–H groups in total. The lowest BCUT2D eigenvalue weighted by Gasteiger charge is -2.31. The smallest absolute Gasteiger partial charge is 0.409 e. The SMILES string of the molecule is CCOC(=O)N1CCC(NC(=O)NCCCN(C)C)CC1. The van der Waals surface area contributed by atoms with Crippen LogP contribution in [0.1, 0.15) is 26.2 Å². The molecule has 3 amide bonds. The predicted molar refractivity (Wildman–Crippen MR) is 81.3 cm³/mol. The number of amides is 3. The van der Waals surface area contributed by atoms with Gasteiger partial charge < -0.3 is 25.2 Å². The first-order valence-electron chi connectivity index (χ1n) is 7.63. The fourth-order valence-corrected chi connectivity index (χ4v) is 2.25. The van der Waals surface area contributed by atoms with Crippen LogP contribution >= 0.6 is 0 Å². The van der Waals surface area contributed by atoms with Crippen molar-refractivity contribution < 1.29 is 14.3 Å². The van der Waals surface area contributed by atoms with E-state index in [0.29, 0.717) is 26.2 Å². The summed E-state index contributed by atoms with van der Waals surface area (Å²) in [5.74, 6) is 0. The van der Waals surface area contributed by atoms with E-state index in [1.165, 1.54) is 0 Å². The minimum absolute atomic E-state index is 0.122. The second kappa shape index (κ2) is 9.44. The molecule has 0 radical (unpaired) electrons. The van der Waals surface area contributed by atoms with Crippen LogP contribution in [0, 0.1) is 0 Å². The second-order valence-electron chi connectivity index (χ2n) is 5.52. The third-order valence-electron chi connectivity index (χ3n) is 3.42. The Hall–Kier alpha value is -1.50. The van der Waals surface area contributed by atoms with Gasteiger partial charge in [-0.3, -0.25) is 0 Å². The largest absolute Gasteiger partial charge is 0.450 e. The number of urea groups is 1. The van der Waals surface area contributed by atoms with E-state index < -0.39 is 0 Å². The molecule has 0 atom stereocenters. The predicted octanol–water partition coefficient (Wildman–Crippen LogP) is 0.858. The molecule has 0 unspecified atom stereocenters. The molecule has 1 rings (SSSR count). The Kier molecular flexibility index (Phi) is 7.89. The number of carbonyl (C=O) groups excluding carboxylic acids is 2. The van der Waals surface area contributed by atoms with Gasteiger partial charge in [-0.1, -0.05) is 0 Å². The van der Waals surface area contributed by atoms with Crippen LogP contribution in [0.15, 0.2) is 0 Å². The minimum atomic E-state index is -0.260. The number of likely N-dealkylation sites (tertiary alicyclic amines) is 1. The zero-order chi connectivity index (χ0) is 15.7. The van der Waals surface area contributed by atoms with Gasteiger partial charge in [0, 0.05) is 25.7 Å². The summed E-state index contributed by atoms with van der Waals surface area (Å²) >= 11 is 0. The van der Waals surface area contributed by atoms with Crippen molar-refractivity contribution >= 4 is 12.1 Å². The van der Waals surface area contributed by atoms with E-state index in [4.69, 9.17) is 4.74 Å². The summed E-state index contributed by atoms with van der Waals surface area (Å²) in [6.07, 6.45) is 2.21. The molecule has 0 bridgehead atoms. The number of nitrogens with zero attached hydrogens (tertiary/aromatic N) is 2. The molecule has 7 heteroatoms. The molecule has 0 aromatic carbocycles. The third-order valence-corrected chi connectivity index (χ3v) is 3.42. The summed E-state index contributed by atoms with van der Waals surface area (Å²) in [6, 6.07) is 0.00728. The molecule has 0 aromatic rings. The molecule has 1 fully saturated rings. The highest BCUT2D eigenvalue weighted by Crippen LogP contribution is 2.11. The van der Waals surface area contributed by atoms with Gasteiger partial charge in [-0.05, 0) is 46.8 Å². The average Bonchev–Trinajstić information content (AvgIpc) is 2.44. The van der Waals surface area contributed by atoms with Crippen LogP contribution in [0.25, 0.3) is 0 Å². The van der Waals surface area contributed by atoms with Crippen LogP contribution in [-0.2, 0) is 4.74 Å². The standard InChI is InChI=1S/C14H28N4O3/c1-4-21-14(20)18-10-6-12(7-11-18)16-13(19)15-8-5-9-17(2)3/h12H,4-11H2,1-3H3,(H2,15,16,19). The van der Waals surface area contributed by atoms with Gasteiger partial charge in [-0.15, -0.1) is 0 Å². The minimum Gasteiger partial charge on any atom is -0.450 e. The molecule has 1 heterocycles. The van der Waals surface area contributed by atoms with Crippen molar-refractivity contribution in [3.63, 3.8) is 0 Å². The molecule has 122 valence electrons. The molecule has 1 saturated heterocycles. The summed E-state index contributed by atoms with van der Waals surface area (Å²) in [6.45, 7) is 5.08. The van der Waals surface area contributed by atoms with Crippen LogP contribution in [0.4, 0.5) is 9.59 Å². The Bertz CT molecular complexity index is 328. The highest BCUT2D eigenvalue weighted by molar-refractivity contribution is 5.74. The Balaban J connectivity index is 2.14. The molecule has 1 aliphatic rings. The van der Waals surface area contributed by atoms with E-state index in [9.17, 15) is 9.59 Å². The molecule has 0 aromatic heterocycles. The van der Waals surface area contributed by atoms with Crippen molar-refractivity contribution in [2.45, 2.75) is 32.2 Å². The van der Waals surface area contributed by atoms with Crippen molar-refractivity contribution in [2.75, 3.05) is 46.9 Å². The second-order valence-corrected chi connectivity index (χ2v) is 5.52. The topological polar surface area (TPSA) is 73.9 Å². The van der Waals surface area contributed by atoms with Crippen LogP contribution in [0.3, 0.4) is 0 Å². The highest BCUT2D eigenvalue weighted by Gasteiger charge is 2.24. The first-order valence-corrected chi connectivity index (χ1v) is 7.63. The number of rotatable bonds is 6. The Morgan fingerprint density at radius 1 is 1.29 bits per heavy atom. The van der Waals surface area contributed by atoms with Gasteiger partial charge in [0.2, 0.25) is 0 Å². The monoisotopic (exact) mass is 300 g/mol. The van der Waals surface area contributed by atoms with Gasteiger partial charge in [0.1, 0.15) is 0 Å². The fourth-order valence-electron chi connectivity index (χ4n) is 2.25. The van der Waals surface area contributed by atoms with Crippen molar-refractivity contribution in [3.8, 4) is 0 Å². The van der Waals surface area contributed by atoms with E-state index in [1.807, 2.05) is 14.1 Å². The summed E-state index contributed by atoms with van der Waals surface area (Å²) < 4.78 is 4.97.